The number of hydrogen-bond donors (Lipinski definition) is 2. The van der Waals surface area contributed by atoms with Crippen molar-refractivity contribution in [1.82, 2.24) is 15.3 Å². The first-order valence-electron chi connectivity index (χ1n) is 7.22. The van der Waals surface area contributed by atoms with Crippen LogP contribution in [0.4, 0.5) is 11.6 Å². The number of carbonyl (C=O) groups excluding carboxylic acids is 1. The molecule has 2 N–H and O–H groups in total. The van der Waals surface area contributed by atoms with Crippen LogP contribution >= 0.6 is 11.8 Å². The number of nitrogens with zero attached hydrogens (tertiary/aromatic N) is 3. The van der Waals surface area contributed by atoms with Gasteiger partial charge in [0.1, 0.15) is 17.2 Å². The van der Waals surface area contributed by atoms with Crippen LogP contribution in [0.5, 0.6) is 0 Å². The van der Waals surface area contributed by atoms with E-state index >= 15 is 0 Å². The highest BCUT2D eigenvalue weighted by atomic mass is 32.2. The summed E-state index contributed by atoms with van der Waals surface area (Å²) in [4.78, 5) is 23.2. The highest BCUT2D eigenvalue weighted by Crippen LogP contribution is 2.27. The third kappa shape index (κ3) is 3.40. The molecule has 0 bridgehead atoms. The second-order valence-electron chi connectivity index (χ2n) is 5.49. The lowest BCUT2D eigenvalue weighted by Gasteiger charge is -2.42. The van der Waals surface area contributed by atoms with Gasteiger partial charge in [0.05, 0.1) is 0 Å². The van der Waals surface area contributed by atoms with Gasteiger partial charge in [-0.25, -0.2) is 9.97 Å². The van der Waals surface area contributed by atoms with E-state index in [-0.39, 0.29) is 5.91 Å². The zero-order valence-corrected chi connectivity index (χ0v) is 13.9. The van der Waals surface area contributed by atoms with Gasteiger partial charge in [-0.05, 0) is 26.5 Å². The molecular weight excluding hydrogens is 286 g/mol. The number of amides is 1. The Balaban J connectivity index is 2.35. The molecule has 2 rings (SSSR count). The zero-order chi connectivity index (χ0) is 15.5. The molecule has 1 aromatic rings. The summed E-state index contributed by atoms with van der Waals surface area (Å²) < 4.78 is 0. The molecule has 0 aliphatic carbocycles. The molecular formula is C14H23N5OS. The van der Waals surface area contributed by atoms with Crippen LogP contribution in [0.15, 0.2) is 11.2 Å². The third-order valence-electron chi connectivity index (χ3n) is 3.56. The van der Waals surface area contributed by atoms with E-state index in [1.54, 1.807) is 0 Å². The van der Waals surface area contributed by atoms with E-state index in [9.17, 15) is 4.79 Å². The Morgan fingerprint density at radius 1 is 1.48 bits per heavy atom. The maximum absolute atomic E-state index is 12.1. The number of thioether (sulfide) groups is 1. The van der Waals surface area contributed by atoms with Crippen molar-refractivity contribution in [2.45, 2.75) is 37.9 Å². The first kappa shape index (κ1) is 15.9. The largest absolute Gasteiger partial charge is 0.370 e. The van der Waals surface area contributed by atoms with Crippen LogP contribution in [0.2, 0.25) is 0 Å². The van der Waals surface area contributed by atoms with Crippen LogP contribution in [0, 0.1) is 0 Å². The Hall–Kier alpha value is -1.50. The Labute approximate surface area is 130 Å². The van der Waals surface area contributed by atoms with Crippen LogP contribution in [-0.4, -0.2) is 47.3 Å². The van der Waals surface area contributed by atoms with Gasteiger partial charge in [-0.1, -0.05) is 18.7 Å². The van der Waals surface area contributed by atoms with Gasteiger partial charge in [0.2, 0.25) is 5.91 Å². The molecule has 1 amide bonds. The standard InChI is InChI=1S/C14H23N5OS/c1-5-6-15-10-9-11(18-13(17-10)21-4)19-8-7-16-12(20)14(19,2)3/h9H,5-8H2,1-4H3,(H,16,20)(H,15,17,18). The van der Waals surface area contributed by atoms with E-state index in [1.165, 1.54) is 11.8 Å². The molecule has 0 unspecified atom stereocenters. The highest BCUT2D eigenvalue weighted by molar-refractivity contribution is 7.98. The van der Waals surface area contributed by atoms with Gasteiger partial charge in [-0.15, -0.1) is 0 Å². The Kier molecular flexibility index (Phi) is 4.92. The molecule has 2 heterocycles. The van der Waals surface area contributed by atoms with Gasteiger partial charge < -0.3 is 15.5 Å². The molecule has 1 fully saturated rings. The van der Waals surface area contributed by atoms with Crippen molar-refractivity contribution in [3.8, 4) is 0 Å². The number of piperazine rings is 1. The minimum atomic E-state index is -0.607. The van der Waals surface area contributed by atoms with E-state index in [0.717, 1.165) is 31.1 Å². The normalized spacial score (nSPS) is 17.5. The molecule has 116 valence electrons. The molecule has 0 spiro atoms. The van der Waals surface area contributed by atoms with Crippen molar-refractivity contribution in [3.63, 3.8) is 0 Å². The predicted octanol–water partition coefficient (Wildman–Crippen LogP) is 1.74. The van der Waals surface area contributed by atoms with Gasteiger partial charge >= 0.3 is 0 Å². The van der Waals surface area contributed by atoms with E-state index < -0.39 is 5.54 Å². The first-order valence-corrected chi connectivity index (χ1v) is 8.44. The SMILES string of the molecule is CCCNc1cc(N2CCNC(=O)C2(C)C)nc(SC)n1. The third-order valence-corrected chi connectivity index (χ3v) is 4.11. The predicted molar refractivity (Wildman–Crippen MR) is 87.0 cm³/mol. The average Bonchev–Trinajstić information content (AvgIpc) is 2.47. The van der Waals surface area contributed by atoms with E-state index in [2.05, 4.69) is 27.5 Å². The molecule has 1 saturated heterocycles. The number of anilines is 2. The van der Waals surface area contributed by atoms with Crippen LogP contribution < -0.4 is 15.5 Å². The molecule has 0 radical (unpaired) electrons. The maximum atomic E-state index is 12.1. The summed E-state index contributed by atoms with van der Waals surface area (Å²) in [6.07, 6.45) is 2.99. The monoisotopic (exact) mass is 309 g/mol. The summed E-state index contributed by atoms with van der Waals surface area (Å²) in [6.45, 7) is 8.20. The Morgan fingerprint density at radius 3 is 2.90 bits per heavy atom. The van der Waals surface area contributed by atoms with Gasteiger partial charge in [0.15, 0.2) is 5.16 Å². The zero-order valence-electron chi connectivity index (χ0n) is 13.1. The topological polar surface area (TPSA) is 70.2 Å². The van der Waals surface area contributed by atoms with Gasteiger partial charge in [0.25, 0.3) is 0 Å². The number of rotatable bonds is 5. The number of hydrogen-bond acceptors (Lipinski definition) is 6. The molecule has 0 saturated carbocycles. The van der Waals surface area contributed by atoms with E-state index in [0.29, 0.717) is 11.7 Å². The maximum Gasteiger partial charge on any atom is 0.245 e. The number of carbonyl (C=O) groups is 1. The average molecular weight is 309 g/mol. The minimum Gasteiger partial charge on any atom is -0.370 e. The fourth-order valence-corrected chi connectivity index (χ4v) is 2.66. The minimum absolute atomic E-state index is 0.0288. The lowest BCUT2D eigenvalue weighted by atomic mass is 9.99. The summed E-state index contributed by atoms with van der Waals surface area (Å²) >= 11 is 1.51. The van der Waals surface area contributed by atoms with Crippen molar-refractivity contribution in [2.75, 3.05) is 36.1 Å². The van der Waals surface area contributed by atoms with Crippen molar-refractivity contribution in [3.05, 3.63) is 6.07 Å². The quantitative estimate of drug-likeness (QED) is 0.638. The Morgan fingerprint density at radius 2 is 2.24 bits per heavy atom. The highest BCUT2D eigenvalue weighted by Gasteiger charge is 2.38. The van der Waals surface area contributed by atoms with Crippen LogP contribution in [0.3, 0.4) is 0 Å². The molecule has 1 aromatic heterocycles. The second-order valence-corrected chi connectivity index (χ2v) is 6.26. The van der Waals surface area contributed by atoms with E-state index in [4.69, 9.17) is 0 Å². The molecule has 21 heavy (non-hydrogen) atoms. The summed E-state index contributed by atoms with van der Waals surface area (Å²) in [6, 6.07) is 1.93. The lowest BCUT2D eigenvalue weighted by molar-refractivity contribution is -0.126. The van der Waals surface area contributed by atoms with Crippen molar-refractivity contribution < 1.29 is 4.79 Å². The number of nitrogens with one attached hydrogen (secondary N) is 2. The van der Waals surface area contributed by atoms with Crippen LogP contribution in [0.1, 0.15) is 27.2 Å². The number of aromatic nitrogens is 2. The molecule has 7 heteroatoms. The van der Waals surface area contributed by atoms with E-state index in [1.807, 2.05) is 31.1 Å². The van der Waals surface area contributed by atoms with Crippen molar-refractivity contribution in [1.29, 1.82) is 0 Å². The summed E-state index contributed by atoms with van der Waals surface area (Å²) in [7, 11) is 0. The van der Waals surface area contributed by atoms with Gasteiger partial charge in [-0.2, -0.15) is 0 Å². The lowest BCUT2D eigenvalue weighted by Crippen LogP contribution is -2.62. The van der Waals surface area contributed by atoms with Crippen LogP contribution in [0.25, 0.3) is 0 Å². The van der Waals surface area contributed by atoms with Crippen molar-refractivity contribution >= 4 is 29.3 Å². The molecule has 1 aliphatic rings. The molecule has 0 aromatic carbocycles. The van der Waals surface area contributed by atoms with Gasteiger partial charge in [0, 0.05) is 25.7 Å². The first-order chi connectivity index (χ1) is 9.98. The summed E-state index contributed by atoms with van der Waals surface area (Å²) in [5.41, 5.74) is -0.607. The van der Waals surface area contributed by atoms with Gasteiger partial charge in [-0.3, -0.25) is 4.79 Å². The Bertz CT molecular complexity index is 520. The molecule has 1 aliphatic heterocycles. The smallest absolute Gasteiger partial charge is 0.245 e. The summed E-state index contributed by atoms with van der Waals surface area (Å²) in [5, 5.41) is 6.92. The second kappa shape index (κ2) is 6.51. The fourth-order valence-electron chi connectivity index (χ4n) is 2.29. The fraction of sp³-hybridized carbons (Fsp3) is 0.643. The summed E-state index contributed by atoms with van der Waals surface area (Å²) in [5.74, 6) is 1.64. The molecule has 0 atom stereocenters. The van der Waals surface area contributed by atoms with Crippen LogP contribution in [-0.2, 0) is 4.79 Å². The molecule has 6 nitrogen and oxygen atoms in total. The van der Waals surface area contributed by atoms with Crippen molar-refractivity contribution in [2.24, 2.45) is 0 Å².